The van der Waals surface area contributed by atoms with Crippen molar-refractivity contribution in [2.45, 2.75) is 19.5 Å². The Bertz CT molecular complexity index is 682. The highest BCUT2D eigenvalue weighted by Gasteiger charge is 2.35. The van der Waals surface area contributed by atoms with Gasteiger partial charge in [-0.25, -0.2) is 9.18 Å². The summed E-state index contributed by atoms with van der Waals surface area (Å²) in [5, 5.41) is 3.33. The number of alkyl halides is 3. The number of hydrogen-bond acceptors (Lipinski definition) is 5. The highest BCUT2D eigenvalue weighted by Crippen LogP contribution is 2.32. The molecule has 22 heavy (non-hydrogen) atoms. The molecule has 2 rings (SSSR count). The first kappa shape index (κ1) is 15.9. The van der Waals surface area contributed by atoms with Gasteiger partial charge in [-0.2, -0.15) is 18.2 Å². The standard InChI is InChI=1S/C13H10F4N2O3/c1-2-21-12(20)11-18-9(22-19-11)6-7-4-3-5-8(10(7)14)13(15,16)17/h3-5H,2,6H2,1H3. The van der Waals surface area contributed by atoms with Gasteiger partial charge in [-0.3, -0.25) is 0 Å². The highest BCUT2D eigenvalue weighted by molar-refractivity contribution is 5.84. The summed E-state index contributed by atoms with van der Waals surface area (Å²) >= 11 is 0. The summed E-state index contributed by atoms with van der Waals surface area (Å²) in [6.07, 6.45) is -5.17. The van der Waals surface area contributed by atoms with Crippen LogP contribution in [0.2, 0.25) is 0 Å². The molecule has 0 fully saturated rings. The molecule has 0 unspecified atom stereocenters. The van der Waals surface area contributed by atoms with Gasteiger partial charge in [-0.15, -0.1) is 0 Å². The summed E-state index contributed by atoms with van der Waals surface area (Å²) in [5.74, 6) is -2.81. The van der Waals surface area contributed by atoms with Crippen molar-refractivity contribution in [3.63, 3.8) is 0 Å². The van der Waals surface area contributed by atoms with Gasteiger partial charge in [0.15, 0.2) is 0 Å². The van der Waals surface area contributed by atoms with Crippen LogP contribution in [0.3, 0.4) is 0 Å². The number of aromatic nitrogens is 2. The minimum Gasteiger partial charge on any atom is -0.460 e. The summed E-state index contributed by atoms with van der Waals surface area (Å²) in [6.45, 7) is 1.68. The van der Waals surface area contributed by atoms with Crippen molar-refractivity contribution in [2.75, 3.05) is 6.61 Å². The van der Waals surface area contributed by atoms with Crippen molar-refractivity contribution in [3.05, 3.63) is 46.9 Å². The average Bonchev–Trinajstić information content (AvgIpc) is 2.89. The molecule has 5 nitrogen and oxygen atoms in total. The van der Waals surface area contributed by atoms with E-state index in [1.54, 1.807) is 6.92 Å². The molecule has 0 aliphatic rings. The Kier molecular flexibility index (Phi) is 4.43. The third-order valence-electron chi connectivity index (χ3n) is 2.65. The molecule has 0 atom stereocenters. The van der Waals surface area contributed by atoms with E-state index >= 15 is 0 Å². The zero-order valence-corrected chi connectivity index (χ0v) is 11.3. The first-order valence-electron chi connectivity index (χ1n) is 6.17. The maximum absolute atomic E-state index is 13.8. The molecule has 2 aromatic rings. The number of ether oxygens (including phenoxy) is 1. The molecule has 0 aliphatic heterocycles. The Morgan fingerprint density at radius 1 is 1.36 bits per heavy atom. The summed E-state index contributed by atoms with van der Waals surface area (Å²) in [7, 11) is 0. The lowest BCUT2D eigenvalue weighted by Crippen LogP contribution is -2.10. The Hall–Kier alpha value is -2.45. The van der Waals surface area contributed by atoms with Gasteiger partial charge in [-0.1, -0.05) is 12.1 Å². The number of nitrogens with zero attached hydrogens (tertiary/aromatic N) is 2. The van der Waals surface area contributed by atoms with E-state index in [-0.39, 0.29) is 30.3 Å². The van der Waals surface area contributed by atoms with Crippen molar-refractivity contribution in [1.82, 2.24) is 10.1 Å². The fourth-order valence-electron chi connectivity index (χ4n) is 1.70. The van der Waals surface area contributed by atoms with Gasteiger partial charge < -0.3 is 9.26 Å². The zero-order valence-electron chi connectivity index (χ0n) is 11.3. The highest BCUT2D eigenvalue weighted by atomic mass is 19.4. The molecule has 0 aliphatic carbocycles. The van der Waals surface area contributed by atoms with E-state index in [0.29, 0.717) is 6.07 Å². The van der Waals surface area contributed by atoms with Crippen molar-refractivity contribution in [2.24, 2.45) is 0 Å². The number of hydrogen-bond donors (Lipinski definition) is 0. The largest absolute Gasteiger partial charge is 0.460 e. The predicted molar refractivity (Wildman–Crippen MR) is 64.5 cm³/mol. The Morgan fingerprint density at radius 2 is 2.09 bits per heavy atom. The quantitative estimate of drug-likeness (QED) is 0.640. The second kappa shape index (κ2) is 6.12. The first-order chi connectivity index (χ1) is 10.3. The maximum atomic E-state index is 13.8. The van der Waals surface area contributed by atoms with Crippen molar-refractivity contribution < 1.29 is 31.6 Å². The topological polar surface area (TPSA) is 65.2 Å². The third kappa shape index (κ3) is 3.41. The number of benzene rings is 1. The fraction of sp³-hybridized carbons (Fsp3) is 0.308. The Balaban J connectivity index is 2.23. The lowest BCUT2D eigenvalue weighted by molar-refractivity contribution is -0.140. The van der Waals surface area contributed by atoms with E-state index < -0.39 is 23.5 Å². The Labute approximate surface area is 121 Å². The van der Waals surface area contributed by atoms with Crippen LogP contribution in [0.1, 0.15) is 34.6 Å². The SMILES string of the molecule is CCOC(=O)c1noc(Cc2cccc(C(F)(F)F)c2F)n1. The van der Waals surface area contributed by atoms with E-state index in [1.165, 1.54) is 6.07 Å². The van der Waals surface area contributed by atoms with Crippen LogP contribution in [0.5, 0.6) is 0 Å². The molecule has 9 heteroatoms. The van der Waals surface area contributed by atoms with E-state index in [2.05, 4.69) is 14.9 Å². The van der Waals surface area contributed by atoms with Crippen LogP contribution in [0.4, 0.5) is 17.6 Å². The Morgan fingerprint density at radius 3 is 2.73 bits per heavy atom. The summed E-state index contributed by atoms with van der Waals surface area (Å²) in [6, 6.07) is 2.87. The van der Waals surface area contributed by atoms with Crippen LogP contribution >= 0.6 is 0 Å². The third-order valence-corrected chi connectivity index (χ3v) is 2.65. The van der Waals surface area contributed by atoms with Gasteiger partial charge in [0.2, 0.25) is 5.89 Å². The number of esters is 1. The molecule has 118 valence electrons. The molecular formula is C13H10F4N2O3. The minimum atomic E-state index is -4.80. The molecule has 0 radical (unpaired) electrons. The minimum absolute atomic E-state index is 0.102. The molecule has 0 saturated heterocycles. The monoisotopic (exact) mass is 318 g/mol. The van der Waals surface area contributed by atoms with Gasteiger partial charge in [0.25, 0.3) is 5.82 Å². The molecule has 1 heterocycles. The molecule has 0 saturated carbocycles. The van der Waals surface area contributed by atoms with Crippen molar-refractivity contribution in [3.8, 4) is 0 Å². The van der Waals surface area contributed by atoms with Crippen molar-refractivity contribution in [1.29, 1.82) is 0 Å². The second-order valence-corrected chi connectivity index (χ2v) is 4.19. The van der Waals surface area contributed by atoms with Crippen LogP contribution < -0.4 is 0 Å². The average molecular weight is 318 g/mol. The number of carbonyl (C=O) groups excluding carboxylic acids is 1. The van der Waals surface area contributed by atoms with E-state index in [9.17, 15) is 22.4 Å². The molecule has 1 aromatic carbocycles. The number of carbonyl (C=O) groups is 1. The smallest absolute Gasteiger partial charge is 0.419 e. The predicted octanol–water partition coefficient (Wildman–Crippen LogP) is 3.00. The van der Waals surface area contributed by atoms with Crippen LogP contribution in [-0.4, -0.2) is 22.7 Å². The number of halogens is 4. The van der Waals surface area contributed by atoms with Gasteiger partial charge in [-0.05, 0) is 23.7 Å². The maximum Gasteiger partial charge on any atom is 0.419 e. The first-order valence-corrected chi connectivity index (χ1v) is 6.17. The molecule has 1 aromatic heterocycles. The lowest BCUT2D eigenvalue weighted by atomic mass is 10.1. The normalized spacial score (nSPS) is 11.5. The van der Waals surface area contributed by atoms with Crippen molar-refractivity contribution >= 4 is 5.97 Å². The van der Waals surface area contributed by atoms with E-state index in [0.717, 1.165) is 6.07 Å². The molecule has 0 N–H and O–H groups in total. The summed E-state index contributed by atoms with van der Waals surface area (Å²) in [5.41, 5.74) is -1.65. The van der Waals surface area contributed by atoms with E-state index in [4.69, 9.17) is 4.52 Å². The van der Waals surface area contributed by atoms with Crippen LogP contribution in [0.15, 0.2) is 22.7 Å². The summed E-state index contributed by atoms with van der Waals surface area (Å²) in [4.78, 5) is 15.0. The van der Waals surface area contributed by atoms with Crippen LogP contribution in [0.25, 0.3) is 0 Å². The van der Waals surface area contributed by atoms with Gasteiger partial charge in [0.1, 0.15) is 5.82 Å². The van der Waals surface area contributed by atoms with Gasteiger partial charge >= 0.3 is 12.1 Å². The molecule has 0 spiro atoms. The van der Waals surface area contributed by atoms with Crippen LogP contribution in [-0.2, 0) is 17.3 Å². The van der Waals surface area contributed by atoms with Gasteiger partial charge in [0.05, 0.1) is 18.6 Å². The van der Waals surface area contributed by atoms with Crippen LogP contribution in [0, 0.1) is 5.82 Å². The molecule has 0 amide bonds. The molecule has 0 bridgehead atoms. The second-order valence-electron chi connectivity index (χ2n) is 4.19. The number of rotatable bonds is 4. The zero-order chi connectivity index (χ0) is 16.3. The summed E-state index contributed by atoms with van der Waals surface area (Å²) < 4.78 is 61.0. The van der Waals surface area contributed by atoms with Gasteiger partial charge in [0, 0.05) is 0 Å². The molecular weight excluding hydrogens is 308 g/mol. The lowest BCUT2D eigenvalue weighted by Gasteiger charge is -2.09. The fourth-order valence-corrected chi connectivity index (χ4v) is 1.70. The van der Waals surface area contributed by atoms with E-state index in [1.807, 2.05) is 0 Å².